The minimum absolute atomic E-state index is 0.0171. The predicted molar refractivity (Wildman–Crippen MR) is 134 cm³/mol. The number of carbonyl (C=O) groups is 2. The van der Waals surface area contributed by atoms with E-state index in [1.54, 1.807) is 12.1 Å². The lowest BCUT2D eigenvalue weighted by atomic mass is 9.98. The molecule has 2 N–H and O–H groups in total. The molecule has 1 amide bonds. The van der Waals surface area contributed by atoms with Gasteiger partial charge in [0.15, 0.2) is 0 Å². The Labute approximate surface area is 203 Å². The lowest BCUT2D eigenvalue weighted by Gasteiger charge is -2.22. The standard InChI is InChI=1S/C26H26Cl2N2O3/c1-15-12-20(8-10-22(15)25(31)30(4)17(3)26(32)33)19-6-5-7-21(13-19)29-16(2)18-9-11-23(27)24(28)14-18/h5-14,16-17,29H,1-4H3,(H,32,33)/t16?,17-/m0/s1. The third-order valence-electron chi connectivity index (χ3n) is 5.74. The van der Waals surface area contributed by atoms with E-state index in [1.807, 2.05) is 62.4 Å². The summed E-state index contributed by atoms with van der Waals surface area (Å²) in [6.07, 6.45) is 0. The predicted octanol–water partition coefficient (Wildman–Crippen LogP) is 6.69. The van der Waals surface area contributed by atoms with Crippen LogP contribution in [-0.2, 0) is 4.79 Å². The van der Waals surface area contributed by atoms with Gasteiger partial charge in [-0.3, -0.25) is 4.79 Å². The maximum atomic E-state index is 12.7. The molecule has 2 atom stereocenters. The molecule has 5 nitrogen and oxygen atoms in total. The number of anilines is 1. The summed E-state index contributed by atoms with van der Waals surface area (Å²) in [6.45, 7) is 5.39. The van der Waals surface area contributed by atoms with Crippen LogP contribution < -0.4 is 5.32 Å². The van der Waals surface area contributed by atoms with Crippen molar-refractivity contribution < 1.29 is 14.7 Å². The smallest absolute Gasteiger partial charge is 0.326 e. The lowest BCUT2D eigenvalue weighted by Crippen LogP contribution is -2.40. The van der Waals surface area contributed by atoms with Crippen LogP contribution in [0.1, 0.15) is 41.4 Å². The van der Waals surface area contributed by atoms with Crippen LogP contribution in [0.25, 0.3) is 11.1 Å². The van der Waals surface area contributed by atoms with Crippen molar-refractivity contribution in [2.75, 3.05) is 12.4 Å². The Kier molecular flexibility index (Phi) is 7.67. The largest absolute Gasteiger partial charge is 0.480 e. The number of halogens is 2. The molecule has 0 aliphatic rings. The van der Waals surface area contributed by atoms with Crippen molar-refractivity contribution in [2.45, 2.75) is 32.9 Å². The van der Waals surface area contributed by atoms with Crippen LogP contribution in [0.2, 0.25) is 10.0 Å². The van der Waals surface area contributed by atoms with Gasteiger partial charge in [0.25, 0.3) is 5.91 Å². The first kappa shape index (κ1) is 24.6. The first-order valence-electron chi connectivity index (χ1n) is 10.5. The van der Waals surface area contributed by atoms with Gasteiger partial charge in [-0.05, 0) is 73.4 Å². The third kappa shape index (κ3) is 5.67. The second kappa shape index (κ2) is 10.3. The fraction of sp³-hybridized carbons (Fsp3) is 0.231. The summed E-state index contributed by atoms with van der Waals surface area (Å²) in [5.41, 5.74) is 5.19. The molecule has 1 unspecified atom stereocenters. The molecular weight excluding hydrogens is 459 g/mol. The van der Waals surface area contributed by atoms with Crippen LogP contribution in [0.15, 0.2) is 60.7 Å². The number of likely N-dealkylation sites (N-methyl/N-ethyl adjacent to an activating group) is 1. The highest BCUT2D eigenvalue weighted by Crippen LogP contribution is 2.30. The number of aliphatic carboxylic acids is 1. The second-order valence-corrected chi connectivity index (χ2v) is 8.89. The number of carboxylic acids is 1. The number of rotatable bonds is 7. The molecule has 0 spiro atoms. The van der Waals surface area contributed by atoms with E-state index < -0.39 is 12.0 Å². The highest BCUT2D eigenvalue weighted by Gasteiger charge is 2.23. The molecule has 0 aromatic heterocycles. The van der Waals surface area contributed by atoms with E-state index in [0.29, 0.717) is 15.6 Å². The Balaban J connectivity index is 1.81. The van der Waals surface area contributed by atoms with E-state index in [0.717, 1.165) is 27.9 Å². The van der Waals surface area contributed by atoms with Crippen molar-refractivity contribution in [3.63, 3.8) is 0 Å². The van der Waals surface area contributed by atoms with E-state index in [4.69, 9.17) is 23.2 Å². The highest BCUT2D eigenvalue weighted by atomic mass is 35.5. The Morgan fingerprint density at radius 2 is 1.64 bits per heavy atom. The maximum Gasteiger partial charge on any atom is 0.326 e. The molecule has 172 valence electrons. The number of hydrogen-bond acceptors (Lipinski definition) is 3. The average molecular weight is 485 g/mol. The van der Waals surface area contributed by atoms with Crippen molar-refractivity contribution in [1.82, 2.24) is 4.90 Å². The summed E-state index contributed by atoms with van der Waals surface area (Å²) in [6, 6.07) is 18.3. The van der Waals surface area contributed by atoms with Gasteiger partial charge in [-0.25, -0.2) is 4.79 Å². The summed E-state index contributed by atoms with van der Waals surface area (Å²) in [5, 5.41) is 13.7. The minimum atomic E-state index is -1.04. The van der Waals surface area contributed by atoms with Crippen molar-refractivity contribution in [2.24, 2.45) is 0 Å². The van der Waals surface area contributed by atoms with Gasteiger partial charge in [0.2, 0.25) is 0 Å². The molecule has 0 saturated carbocycles. The van der Waals surface area contributed by atoms with E-state index in [1.165, 1.54) is 18.9 Å². The van der Waals surface area contributed by atoms with Crippen LogP contribution >= 0.6 is 23.2 Å². The molecule has 33 heavy (non-hydrogen) atoms. The first-order valence-corrected chi connectivity index (χ1v) is 11.3. The van der Waals surface area contributed by atoms with Crippen LogP contribution in [0.5, 0.6) is 0 Å². The molecule has 7 heteroatoms. The molecule has 0 heterocycles. The zero-order valence-electron chi connectivity index (χ0n) is 18.9. The zero-order chi connectivity index (χ0) is 24.3. The van der Waals surface area contributed by atoms with Gasteiger partial charge in [-0.1, -0.05) is 53.5 Å². The average Bonchev–Trinajstić information content (AvgIpc) is 2.79. The minimum Gasteiger partial charge on any atom is -0.480 e. The molecular formula is C26H26Cl2N2O3. The zero-order valence-corrected chi connectivity index (χ0v) is 20.4. The Bertz CT molecular complexity index is 1200. The number of aryl methyl sites for hydroxylation is 1. The van der Waals surface area contributed by atoms with Crippen LogP contribution in [0, 0.1) is 6.92 Å². The summed E-state index contributed by atoms with van der Waals surface area (Å²) in [4.78, 5) is 25.2. The van der Waals surface area contributed by atoms with Crippen molar-refractivity contribution in [1.29, 1.82) is 0 Å². The van der Waals surface area contributed by atoms with Gasteiger partial charge >= 0.3 is 5.97 Å². The SMILES string of the molecule is Cc1cc(-c2cccc(NC(C)c3ccc(Cl)c(Cl)c3)c2)ccc1C(=O)N(C)[C@@H](C)C(=O)O. The summed E-state index contributed by atoms with van der Waals surface area (Å²) >= 11 is 12.2. The molecule has 0 saturated heterocycles. The fourth-order valence-corrected chi connectivity index (χ4v) is 3.82. The second-order valence-electron chi connectivity index (χ2n) is 8.08. The van der Waals surface area contributed by atoms with Crippen molar-refractivity contribution in [3.8, 4) is 11.1 Å². The van der Waals surface area contributed by atoms with Crippen LogP contribution in [0.3, 0.4) is 0 Å². The third-order valence-corrected chi connectivity index (χ3v) is 6.48. The lowest BCUT2D eigenvalue weighted by molar-refractivity contribution is -0.141. The number of nitrogens with one attached hydrogen (secondary N) is 1. The van der Waals surface area contributed by atoms with Crippen LogP contribution in [-0.4, -0.2) is 35.0 Å². The number of nitrogens with zero attached hydrogens (tertiary/aromatic N) is 1. The Morgan fingerprint density at radius 3 is 2.27 bits per heavy atom. The Hall–Kier alpha value is -3.02. The number of benzene rings is 3. The molecule has 3 aromatic rings. The van der Waals surface area contributed by atoms with Gasteiger partial charge in [0.05, 0.1) is 10.0 Å². The quantitative estimate of drug-likeness (QED) is 0.391. The number of carbonyl (C=O) groups excluding carboxylic acids is 1. The van der Waals surface area contributed by atoms with E-state index in [-0.39, 0.29) is 11.9 Å². The number of carboxylic acid groups (broad SMARTS) is 1. The van der Waals surface area contributed by atoms with Crippen LogP contribution in [0.4, 0.5) is 5.69 Å². The molecule has 3 rings (SSSR count). The normalized spacial score (nSPS) is 12.7. The Morgan fingerprint density at radius 1 is 0.939 bits per heavy atom. The number of amides is 1. The highest BCUT2D eigenvalue weighted by molar-refractivity contribution is 6.42. The summed E-state index contributed by atoms with van der Waals surface area (Å²) < 4.78 is 0. The summed E-state index contributed by atoms with van der Waals surface area (Å²) in [5.74, 6) is -1.36. The van der Waals surface area contributed by atoms with E-state index in [9.17, 15) is 14.7 Å². The topological polar surface area (TPSA) is 69.6 Å². The monoisotopic (exact) mass is 484 g/mol. The van der Waals surface area contributed by atoms with Crippen molar-refractivity contribution in [3.05, 3.63) is 87.4 Å². The van der Waals surface area contributed by atoms with Crippen molar-refractivity contribution >= 4 is 40.8 Å². The fourth-order valence-electron chi connectivity index (χ4n) is 3.52. The molecule has 0 radical (unpaired) electrons. The van der Waals surface area contributed by atoms with Gasteiger partial charge < -0.3 is 15.3 Å². The van der Waals surface area contributed by atoms with Gasteiger partial charge in [0, 0.05) is 24.3 Å². The molecule has 3 aromatic carbocycles. The summed E-state index contributed by atoms with van der Waals surface area (Å²) in [7, 11) is 1.50. The van der Waals surface area contributed by atoms with Gasteiger partial charge in [-0.2, -0.15) is 0 Å². The van der Waals surface area contributed by atoms with E-state index >= 15 is 0 Å². The molecule has 0 aliphatic carbocycles. The van der Waals surface area contributed by atoms with Gasteiger partial charge in [0.1, 0.15) is 6.04 Å². The molecule has 0 aliphatic heterocycles. The molecule has 0 bridgehead atoms. The van der Waals surface area contributed by atoms with Gasteiger partial charge in [-0.15, -0.1) is 0 Å². The van der Waals surface area contributed by atoms with E-state index in [2.05, 4.69) is 5.32 Å². The first-order chi connectivity index (χ1) is 15.6. The number of hydrogen-bond donors (Lipinski definition) is 2. The molecule has 0 fully saturated rings. The maximum absolute atomic E-state index is 12.7.